The van der Waals surface area contributed by atoms with Crippen molar-refractivity contribution in [3.63, 3.8) is 0 Å². The van der Waals surface area contributed by atoms with Gasteiger partial charge in [-0.05, 0) is 36.1 Å². The van der Waals surface area contributed by atoms with Crippen LogP contribution < -0.4 is 20.1 Å². The quantitative estimate of drug-likeness (QED) is 0.380. The Kier molecular flexibility index (Phi) is 8.74. The van der Waals surface area contributed by atoms with Gasteiger partial charge in [-0.3, -0.25) is 0 Å². The number of thiophene rings is 1. The number of guanidine groups is 1. The lowest BCUT2D eigenvalue weighted by Gasteiger charge is -2.15. The third-order valence-electron chi connectivity index (χ3n) is 3.93. The highest BCUT2D eigenvalue weighted by Gasteiger charge is 2.20. The molecule has 2 aromatic rings. The Hall–Kier alpha value is -2.30. The van der Waals surface area contributed by atoms with E-state index in [1.54, 1.807) is 25.7 Å². The first-order valence-corrected chi connectivity index (χ1v) is 11.6. The van der Waals surface area contributed by atoms with Gasteiger partial charge in [0.25, 0.3) is 0 Å². The minimum atomic E-state index is -3.50. The molecule has 160 valence electrons. The van der Waals surface area contributed by atoms with E-state index < -0.39 is 15.9 Å². The molecule has 0 bridgehead atoms. The summed E-state index contributed by atoms with van der Waals surface area (Å²) in [4.78, 5) is 4.47. The number of aliphatic imine (C=N–C) groups is 1. The standard InChI is InChI=1S/C19H27N3O5S2/c1-4-20-19(21-11-14-7-8-16(26-2)17(10-14)27-3)22-12-15(23)13-29(24,25)18-6-5-9-28-18/h5-10,15,23H,4,11-13H2,1-3H3,(H2,20,21,22). The average molecular weight is 442 g/mol. The first kappa shape index (κ1) is 23.0. The summed E-state index contributed by atoms with van der Waals surface area (Å²) in [6, 6.07) is 8.75. The molecule has 0 aliphatic rings. The van der Waals surface area contributed by atoms with Gasteiger partial charge >= 0.3 is 0 Å². The van der Waals surface area contributed by atoms with E-state index in [-0.39, 0.29) is 16.5 Å². The third kappa shape index (κ3) is 6.91. The zero-order valence-electron chi connectivity index (χ0n) is 16.7. The molecule has 0 aliphatic heterocycles. The third-order valence-corrected chi connectivity index (χ3v) is 7.22. The van der Waals surface area contributed by atoms with Crippen molar-refractivity contribution in [1.82, 2.24) is 10.6 Å². The molecule has 0 fully saturated rings. The molecule has 8 nitrogen and oxygen atoms in total. The highest BCUT2D eigenvalue weighted by molar-refractivity contribution is 7.93. The van der Waals surface area contributed by atoms with Crippen LogP contribution in [0.5, 0.6) is 11.5 Å². The minimum absolute atomic E-state index is 0.0579. The Morgan fingerprint density at radius 2 is 1.97 bits per heavy atom. The number of aliphatic hydroxyl groups excluding tert-OH is 1. The van der Waals surface area contributed by atoms with Gasteiger partial charge < -0.3 is 25.2 Å². The van der Waals surface area contributed by atoms with Crippen molar-refractivity contribution in [2.45, 2.75) is 23.8 Å². The summed E-state index contributed by atoms with van der Waals surface area (Å²) < 4.78 is 35.3. The molecule has 1 heterocycles. The molecule has 0 saturated heterocycles. The van der Waals surface area contributed by atoms with Crippen molar-refractivity contribution >= 4 is 27.1 Å². The summed E-state index contributed by atoms with van der Waals surface area (Å²) in [5.41, 5.74) is 0.917. The van der Waals surface area contributed by atoms with Crippen LogP contribution in [0.4, 0.5) is 0 Å². The fourth-order valence-corrected chi connectivity index (χ4v) is 5.02. The molecule has 0 aliphatic carbocycles. The zero-order chi connectivity index (χ0) is 21.3. The molecule has 1 unspecified atom stereocenters. The van der Waals surface area contributed by atoms with E-state index in [0.717, 1.165) is 16.9 Å². The van der Waals surface area contributed by atoms with Gasteiger partial charge in [0.2, 0.25) is 0 Å². The predicted octanol–water partition coefficient (Wildman–Crippen LogP) is 1.66. The maximum atomic E-state index is 12.3. The van der Waals surface area contributed by atoms with Crippen LogP contribution in [0.2, 0.25) is 0 Å². The number of aliphatic hydroxyl groups is 1. The summed E-state index contributed by atoms with van der Waals surface area (Å²) in [5, 5.41) is 17.9. The summed E-state index contributed by atoms with van der Waals surface area (Å²) >= 11 is 1.14. The topological polar surface area (TPSA) is 109 Å². The van der Waals surface area contributed by atoms with Crippen molar-refractivity contribution in [3.8, 4) is 11.5 Å². The average Bonchev–Trinajstić information content (AvgIpc) is 3.25. The van der Waals surface area contributed by atoms with Crippen molar-refractivity contribution in [3.05, 3.63) is 41.3 Å². The van der Waals surface area contributed by atoms with E-state index in [1.165, 1.54) is 6.07 Å². The number of methoxy groups -OCH3 is 2. The Bertz CT molecular complexity index is 899. The molecular weight excluding hydrogens is 414 g/mol. The molecule has 0 saturated carbocycles. The Morgan fingerprint density at radius 1 is 1.21 bits per heavy atom. The van der Waals surface area contributed by atoms with Gasteiger partial charge in [0.15, 0.2) is 27.3 Å². The number of ether oxygens (including phenoxy) is 2. The Morgan fingerprint density at radius 3 is 2.59 bits per heavy atom. The first-order valence-electron chi connectivity index (χ1n) is 9.07. The summed E-state index contributed by atoms with van der Waals surface area (Å²) in [7, 11) is -0.356. The maximum Gasteiger partial charge on any atom is 0.191 e. The van der Waals surface area contributed by atoms with E-state index >= 15 is 0 Å². The van der Waals surface area contributed by atoms with Crippen molar-refractivity contribution in [2.75, 3.05) is 33.1 Å². The van der Waals surface area contributed by atoms with Gasteiger partial charge in [0.1, 0.15) is 4.21 Å². The van der Waals surface area contributed by atoms with Crippen LogP contribution in [0.3, 0.4) is 0 Å². The van der Waals surface area contributed by atoms with Gasteiger partial charge in [0, 0.05) is 13.1 Å². The second kappa shape index (κ2) is 11.0. The van der Waals surface area contributed by atoms with Crippen LogP contribution in [-0.4, -0.2) is 58.6 Å². The van der Waals surface area contributed by atoms with Crippen LogP contribution in [-0.2, 0) is 16.4 Å². The molecule has 29 heavy (non-hydrogen) atoms. The highest BCUT2D eigenvalue weighted by Crippen LogP contribution is 2.27. The van der Waals surface area contributed by atoms with Gasteiger partial charge in [-0.15, -0.1) is 11.3 Å². The predicted molar refractivity (Wildman–Crippen MR) is 115 cm³/mol. The van der Waals surface area contributed by atoms with Crippen LogP contribution in [0.1, 0.15) is 12.5 Å². The van der Waals surface area contributed by atoms with Gasteiger partial charge in [-0.25, -0.2) is 13.4 Å². The molecule has 0 spiro atoms. The maximum absolute atomic E-state index is 12.3. The Balaban J connectivity index is 1.97. The molecule has 0 radical (unpaired) electrons. The summed E-state index contributed by atoms with van der Waals surface area (Å²) in [5.74, 6) is 1.39. The number of nitrogens with one attached hydrogen (secondary N) is 2. The minimum Gasteiger partial charge on any atom is -0.493 e. The number of rotatable bonds is 10. The molecule has 0 amide bonds. The fourth-order valence-electron chi connectivity index (χ4n) is 2.54. The molecule has 10 heteroatoms. The van der Waals surface area contributed by atoms with Crippen molar-refractivity contribution in [2.24, 2.45) is 4.99 Å². The fraction of sp³-hybridized carbons (Fsp3) is 0.421. The SMILES string of the molecule is CCNC(=NCc1ccc(OC)c(OC)c1)NCC(O)CS(=O)(=O)c1cccs1. The Labute approximate surface area is 175 Å². The smallest absolute Gasteiger partial charge is 0.191 e. The number of hydrogen-bond donors (Lipinski definition) is 3. The summed E-state index contributed by atoms with van der Waals surface area (Å²) in [6.45, 7) is 2.98. The molecule has 1 aromatic heterocycles. The monoisotopic (exact) mass is 441 g/mol. The normalized spacial score (nSPS) is 13.0. The van der Waals surface area contributed by atoms with Crippen LogP contribution >= 0.6 is 11.3 Å². The van der Waals surface area contributed by atoms with E-state index in [9.17, 15) is 13.5 Å². The second-order valence-corrected chi connectivity index (χ2v) is 9.34. The largest absolute Gasteiger partial charge is 0.493 e. The van der Waals surface area contributed by atoms with E-state index in [4.69, 9.17) is 9.47 Å². The van der Waals surface area contributed by atoms with Crippen LogP contribution in [0, 0.1) is 0 Å². The zero-order valence-corrected chi connectivity index (χ0v) is 18.3. The van der Waals surface area contributed by atoms with Crippen LogP contribution in [0.15, 0.2) is 44.9 Å². The van der Waals surface area contributed by atoms with Crippen molar-refractivity contribution < 1.29 is 23.0 Å². The summed E-state index contributed by atoms with van der Waals surface area (Å²) in [6.07, 6.45) is -1.06. The van der Waals surface area contributed by atoms with E-state index in [1.807, 2.05) is 25.1 Å². The first-order chi connectivity index (χ1) is 13.9. The van der Waals surface area contributed by atoms with Gasteiger partial charge in [-0.1, -0.05) is 12.1 Å². The second-order valence-electron chi connectivity index (χ2n) is 6.13. The molecule has 2 rings (SSSR count). The number of benzene rings is 1. The lowest BCUT2D eigenvalue weighted by molar-refractivity contribution is 0.200. The molecular formula is C19H27N3O5S2. The number of hydrogen-bond acceptors (Lipinski definition) is 7. The molecule has 3 N–H and O–H groups in total. The lowest BCUT2D eigenvalue weighted by atomic mass is 10.2. The van der Waals surface area contributed by atoms with E-state index in [0.29, 0.717) is 30.5 Å². The van der Waals surface area contributed by atoms with Gasteiger partial charge in [0.05, 0.1) is 32.6 Å². The van der Waals surface area contributed by atoms with Gasteiger partial charge in [-0.2, -0.15) is 0 Å². The number of sulfone groups is 1. The van der Waals surface area contributed by atoms with Crippen LogP contribution in [0.25, 0.3) is 0 Å². The van der Waals surface area contributed by atoms with E-state index in [2.05, 4.69) is 15.6 Å². The van der Waals surface area contributed by atoms with Crippen molar-refractivity contribution in [1.29, 1.82) is 0 Å². The lowest BCUT2D eigenvalue weighted by Crippen LogP contribution is -2.42. The highest BCUT2D eigenvalue weighted by atomic mass is 32.2. The number of nitrogens with zero attached hydrogens (tertiary/aromatic N) is 1. The molecule has 1 aromatic carbocycles. The molecule has 1 atom stereocenters.